The zero-order valence-electron chi connectivity index (χ0n) is 19.1. The van der Waals surface area contributed by atoms with Crippen LogP contribution in [0.2, 0.25) is 0 Å². The fourth-order valence-corrected chi connectivity index (χ4v) is 4.76. The maximum absolute atomic E-state index is 11.2. The molecule has 0 heterocycles. The summed E-state index contributed by atoms with van der Waals surface area (Å²) in [4.78, 5) is 21.7. The van der Waals surface area contributed by atoms with Gasteiger partial charge in [-0.25, -0.2) is 0 Å². The number of rotatable bonds is 17. The Hall–Kier alpha value is -2.24. The van der Waals surface area contributed by atoms with E-state index in [1.807, 2.05) is 0 Å². The SMILES string of the molecule is O=COC1(CCCCCCc2cc(O)cc(CCCCCCC3(C(=O)O)CC3)c2O)CC1. The molecule has 0 unspecified atom stereocenters. The average Bonchev–Trinajstić information content (AvgIpc) is 3.67. The highest BCUT2D eigenvalue weighted by atomic mass is 16.5. The van der Waals surface area contributed by atoms with Crippen LogP contribution in [0.15, 0.2) is 12.1 Å². The van der Waals surface area contributed by atoms with Crippen LogP contribution in [0.25, 0.3) is 0 Å². The number of carbonyl (C=O) groups is 2. The van der Waals surface area contributed by atoms with E-state index < -0.39 is 11.4 Å². The molecule has 6 nitrogen and oxygen atoms in total. The predicted octanol–water partition coefficient (Wildman–Crippen LogP) is 5.65. The summed E-state index contributed by atoms with van der Waals surface area (Å²) in [5.41, 5.74) is 1.00. The van der Waals surface area contributed by atoms with Gasteiger partial charge in [0.25, 0.3) is 6.47 Å². The second-order valence-corrected chi connectivity index (χ2v) is 9.92. The van der Waals surface area contributed by atoms with Crippen LogP contribution in [0.3, 0.4) is 0 Å². The monoisotopic (exact) mass is 446 g/mol. The van der Waals surface area contributed by atoms with Gasteiger partial charge in [-0.15, -0.1) is 0 Å². The largest absolute Gasteiger partial charge is 0.508 e. The first kappa shape index (κ1) is 24.4. The minimum absolute atomic E-state index is 0.171. The van der Waals surface area contributed by atoms with Gasteiger partial charge in [0.15, 0.2) is 0 Å². The van der Waals surface area contributed by atoms with Gasteiger partial charge in [0.1, 0.15) is 17.1 Å². The number of carboxylic acid groups (broad SMARTS) is 1. The van der Waals surface area contributed by atoms with Gasteiger partial charge in [-0.1, -0.05) is 32.1 Å². The lowest BCUT2D eigenvalue weighted by Gasteiger charge is -2.13. The molecule has 3 N–H and O–H groups in total. The Balaban J connectivity index is 1.32. The highest BCUT2D eigenvalue weighted by Gasteiger charge is 2.49. The highest BCUT2D eigenvalue weighted by molar-refractivity contribution is 5.77. The minimum Gasteiger partial charge on any atom is -0.508 e. The molecule has 32 heavy (non-hydrogen) atoms. The number of aryl methyl sites for hydroxylation is 2. The summed E-state index contributed by atoms with van der Waals surface area (Å²) < 4.78 is 5.17. The average molecular weight is 447 g/mol. The number of carbonyl (C=O) groups excluding carboxylic acids is 1. The molecule has 178 valence electrons. The number of carboxylic acids is 1. The summed E-state index contributed by atoms with van der Waals surface area (Å²) >= 11 is 0. The van der Waals surface area contributed by atoms with Crippen LogP contribution in [0.5, 0.6) is 11.5 Å². The second-order valence-electron chi connectivity index (χ2n) is 9.92. The van der Waals surface area contributed by atoms with E-state index in [-0.39, 0.29) is 11.4 Å². The number of unbranched alkanes of at least 4 members (excludes halogenated alkanes) is 6. The number of benzene rings is 1. The summed E-state index contributed by atoms with van der Waals surface area (Å²) in [6, 6.07) is 3.32. The van der Waals surface area contributed by atoms with Crippen molar-refractivity contribution in [2.45, 2.75) is 108 Å². The van der Waals surface area contributed by atoms with Gasteiger partial charge in [-0.2, -0.15) is 0 Å². The van der Waals surface area contributed by atoms with Crippen molar-refractivity contribution in [3.05, 3.63) is 23.3 Å². The Morgan fingerprint density at radius 1 is 0.844 bits per heavy atom. The lowest BCUT2D eigenvalue weighted by molar-refractivity contribution is -0.143. The van der Waals surface area contributed by atoms with Crippen molar-refractivity contribution in [3.8, 4) is 11.5 Å². The lowest BCUT2D eigenvalue weighted by atomic mass is 9.96. The maximum atomic E-state index is 11.2. The molecule has 2 saturated carbocycles. The van der Waals surface area contributed by atoms with Crippen molar-refractivity contribution in [3.63, 3.8) is 0 Å². The van der Waals surface area contributed by atoms with Gasteiger partial charge in [-0.05, 0) is 93.9 Å². The zero-order valence-corrected chi connectivity index (χ0v) is 19.1. The zero-order chi connectivity index (χ0) is 23.0. The van der Waals surface area contributed by atoms with Crippen LogP contribution in [0.1, 0.15) is 101 Å². The van der Waals surface area contributed by atoms with Crippen LogP contribution in [-0.2, 0) is 27.2 Å². The molecule has 3 rings (SSSR count). The third-order valence-electron chi connectivity index (χ3n) is 7.35. The van der Waals surface area contributed by atoms with Crippen LogP contribution in [0, 0.1) is 5.41 Å². The first-order chi connectivity index (χ1) is 15.4. The molecule has 2 aliphatic rings. The van der Waals surface area contributed by atoms with Crippen LogP contribution >= 0.6 is 0 Å². The highest BCUT2D eigenvalue weighted by Crippen LogP contribution is 2.50. The molecule has 1 aromatic rings. The van der Waals surface area contributed by atoms with E-state index in [0.29, 0.717) is 12.2 Å². The number of ether oxygens (including phenoxy) is 1. The Morgan fingerprint density at radius 2 is 1.38 bits per heavy atom. The molecular weight excluding hydrogens is 408 g/mol. The molecule has 0 amide bonds. The van der Waals surface area contributed by atoms with Crippen molar-refractivity contribution in [1.29, 1.82) is 0 Å². The molecule has 1 aromatic carbocycles. The molecular formula is C26H38O6. The Morgan fingerprint density at radius 3 is 1.84 bits per heavy atom. The minimum atomic E-state index is -0.645. The van der Waals surface area contributed by atoms with Crippen LogP contribution in [0.4, 0.5) is 0 Å². The van der Waals surface area contributed by atoms with Crippen LogP contribution < -0.4 is 0 Å². The van der Waals surface area contributed by atoms with Crippen molar-refractivity contribution in [2.24, 2.45) is 5.41 Å². The van der Waals surface area contributed by atoms with E-state index >= 15 is 0 Å². The van der Waals surface area contributed by atoms with Gasteiger partial charge < -0.3 is 20.1 Å². The normalized spacial score (nSPS) is 17.6. The summed E-state index contributed by atoms with van der Waals surface area (Å²) in [6.45, 7) is 0.567. The Kier molecular flexibility index (Phi) is 8.44. The quantitative estimate of drug-likeness (QED) is 0.162. The molecule has 0 aliphatic heterocycles. The van der Waals surface area contributed by atoms with Gasteiger partial charge >= 0.3 is 5.97 Å². The molecule has 0 spiro atoms. The van der Waals surface area contributed by atoms with E-state index in [9.17, 15) is 24.9 Å². The number of aliphatic carboxylic acids is 1. The van der Waals surface area contributed by atoms with Gasteiger partial charge in [0, 0.05) is 0 Å². The van der Waals surface area contributed by atoms with Gasteiger partial charge in [0.05, 0.1) is 5.41 Å². The molecule has 0 saturated heterocycles. The van der Waals surface area contributed by atoms with E-state index in [0.717, 1.165) is 114 Å². The van der Waals surface area contributed by atoms with E-state index in [1.165, 1.54) is 0 Å². The number of hydrogen-bond donors (Lipinski definition) is 3. The van der Waals surface area contributed by atoms with Gasteiger partial charge in [-0.3, -0.25) is 9.59 Å². The number of phenols is 2. The van der Waals surface area contributed by atoms with Gasteiger partial charge in [0.2, 0.25) is 0 Å². The number of hydrogen-bond acceptors (Lipinski definition) is 5. The number of aromatic hydroxyl groups is 2. The smallest absolute Gasteiger partial charge is 0.309 e. The van der Waals surface area contributed by atoms with Crippen molar-refractivity contribution >= 4 is 12.4 Å². The van der Waals surface area contributed by atoms with E-state index in [1.54, 1.807) is 12.1 Å². The molecule has 2 fully saturated rings. The third-order valence-corrected chi connectivity index (χ3v) is 7.35. The molecule has 0 aromatic heterocycles. The van der Waals surface area contributed by atoms with Crippen molar-refractivity contribution < 1.29 is 29.6 Å². The molecule has 6 heteroatoms. The maximum Gasteiger partial charge on any atom is 0.309 e. The van der Waals surface area contributed by atoms with Crippen molar-refractivity contribution in [2.75, 3.05) is 0 Å². The summed E-state index contributed by atoms with van der Waals surface area (Å²) in [7, 11) is 0. The summed E-state index contributed by atoms with van der Waals surface area (Å²) in [5, 5.41) is 30.0. The topological polar surface area (TPSA) is 104 Å². The van der Waals surface area contributed by atoms with Crippen molar-refractivity contribution in [1.82, 2.24) is 0 Å². The second kappa shape index (κ2) is 11.1. The molecule has 2 aliphatic carbocycles. The fourth-order valence-electron chi connectivity index (χ4n) is 4.76. The first-order valence-corrected chi connectivity index (χ1v) is 12.3. The number of phenolic OH excluding ortho intramolecular Hbond substituents is 2. The van der Waals surface area contributed by atoms with E-state index in [4.69, 9.17) is 4.74 Å². The molecule has 0 radical (unpaired) electrons. The summed E-state index contributed by atoms with van der Waals surface area (Å²) in [6.07, 6.45) is 14.7. The molecule has 0 atom stereocenters. The summed E-state index contributed by atoms with van der Waals surface area (Å²) in [5.74, 6) is -0.137. The molecule has 0 bridgehead atoms. The Bertz CT molecular complexity index is 779. The van der Waals surface area contributed by atoms with Crippen LogP contribution in [-0.4, -0.2) is 33.4 Å². The lowest BCUT2D eigenvalue weighted by Crippen LogP contribution is -2.14. The standard InChI is InChI=1S/C26H38O6/c27-19-32-26(15-16-26)12-8-4-2-6-10-21-18-22(28)17-20(23(21)29)9-5-1-3-7-11-25(13-14-25)24(30)31/h17-19,28-29H,1-16H2,(H,30,31). The third kappa shape index (κ3) is 6.88. The predicted molar refractivity (Wildman–Crippen MR) is 122 cm³/mol. The fraction of sp³-hybridized carbons (Fsp3) is 0.692. The van der Waals surface area contributed by atoms with E-state index in [2.05, 4.69) is 0 Å². The Labute approximate surface area is 191 Å². The first-order valence-electron chi connectivity index (χ1n) is 12.3.